The summed E-state index contributed by atoms with van der Waals surface area (Å²) in [5.74, 6) is 0. The third-order valence-corrected chi connectivity index (χ3v) is 6.59. The van der Waals surface area contributed by atoms with Crippen LogP contribution < -0.4 is 0 Å². The van der Waals surface area contributed by atoms with Crippen LogP contribution in [-0.2, 0) is 16.4 Å². The van der Waals surface area contributed by atoms with E-state index >= 15 is 0 Å². The molecular weight excluding hydrogens is 302 g/mol. The van der Waals surface area contributed by atoms with Gasteiger partial charge >= 0.3 is 0 Å². The molecule has 0 unspecified atom stereocenters. The van der Waals surface area contributed by atoms with Crippen LogP contribution in [0.15, 0.2) is 46.7 Å². The summed E-state index contributed by atoms with van der Waals surface area (Å²) in [6.07, 6.45) is 2.75. The molecule has 0 N–H and O–H groups in total. The van der Waals surface area contributed by atoms with Crippen LogP contribution in [0.3, 0.4) is 0 Å². The number of nitrogens with zero attached hydrogens (tertiary/aromatic N) is 1. The second-order valence-corrected chi connectivity index (χ2v) is 8.42. The molecule has 3 nitrogen and oxygen atoms in total. The van der Waals surface area contributed by atoms with Crippen molar-refractivity contribution >= 4 is 21.4 Å². The number of hydrogen-bond donors (Lipinski definition) is 0. The molecule has 3 rings (SSSR count). The summed E-state index contributed by atoms with van der Waals surface area (Å²) in [6, 6.07) is 11.5. The van der Waals surface area contributed by atoms with Crippen LogP contribution >= 0.6 is 11.3 Å². The highest BCUT2D eigenvalue weighted by Gasteiger charge is 2.37. The number of sulfonamides is 1. The third kappa shape index (κ3) is 3.36. The lowest BCUT2D eigenvalue weighted by Crippen LogP contribution is -2.34. The van der Waals surface area contributed by atoms with E-state index in [-0.39, 0.29) is 6.04 Å². The first kappa shape index (κ1) is 14.8. The molecule has 2 aromatic rings. The second-order valence-electron chi connectivity index (χ2n) is 5.49. The van der Waals surface area contributed by atoms with Crippen LogP contribution in [0.25, 0.3) is 0 Å². The predicted molar refractivity (Wildman–Crippen MR) is 86.1 cm³/mol. The predicted octanol–water partition coefficient (Wildman–Crippen LogP) is 3.45. The Bertz CT molecular complexity index is 704. The summed E-state index contributed by atoms with van der Waals surface area (Å²) in [5, 5.41) is 2.03. The van der Waals surface area contributed by atoms with Gasteiger partial charge in [-0.25, -0.2) is 8.42 Å². The Balaban J connectivity index is 1.82. The van der Waals surface area contributed by atoms with Gasteiger partial charge < -0.3 is 0 Å². The highest BCUT2D eigenvalue weighted by molar-refractivity contribution is 7.89. The highest BCUT2D eigenvalue weighted by Crippen LogP contribution is 2.32. The van der Waals surface area contributed by atoms with Crippen LogP contribution in [0, 0.1) is 6.92 Å². The largest absolute Gasteiger partial charge is 0.243 e. The molecule has 112 valence electrons. The van der Waals surface area contributed by atoms with Crippen molar-refractivity contribution < 1.29 is 8.42 Å². The van der Waals surface area contributed by atoms with Gasteiger partial charge in [0, 0.05) is 17.5 Å². The first-order chi connectivity index (χ1) is 10.1. The van der Waals surface area contributed by atoms with Gasteiger partial charge in [0.1, 0.15) is 0 Å². The van der Waals surface area contributed by atoms with E-state index < -0.39 is 10.0 Å². The van der Waals surface area contributed by atoms with Crippen molar-refractivity contribution in [1.82, 2.24) is 4.31 Å². The Kier molecular flexibility index (Phi) is 4.15. The van der Waals surface area contributed by atoms with Crippen molar-refractivity contribution in [3.8, 4) is 0 Å². The van der Waals surface area contributed by atoms with E-state index in [0.29, 0.717) is 11.4 Å². The van der Waals surface area contributed by atoms with E-state index in [1.54, 1.807) is 27.8 Å². The molecule has 1 aliphatic carbocycles. The Morgan fingerprint density at radius 1 is 1.24 bits per heavy atom. The molecule has 0 amide bonds. The van der Waals surface area contributed by atoms with E-state index in [0.717, 1.165) is 24.8 Å². The topological polar surface area (TPSA) is 37.4 Å². The van der Waals surface area contributed by atoms with Crippen LogP contribution in [-0.4, -0.2) is 25.3 Å². The van der Waals surface area contributed by atoms with Gasteiger partial charge in [0.2, 0.25) is 10.0 Å². The zero-order chi connectivity index (χ0) is 14.9. The maximum absolute atomic E-state index is 12.9. The van der Waals surface area contributed by atoms with Gasteiger partial charge in [0.25, 0.3) is 0 Å². The first-order valence-electron chi connectivity index (χ1n) is 7.18. The molecule has 0 bridgehead atoms. The third-order valence-electron chi connectivity index (χ3n) is 3.71. The fraction of sp³-hybridized carbons (Fsp3) is 0.375. The molecule has 1 aliphatic rings. The van der Waals surface area contributed by atoms with Crippen LogP contribution in [0.2, 0.25) is 0 Å². The zero-order valence-electron chi connectivity index (χ0n) is 12.0. The Morgan fingerprint density at radius 3 is 2.67 bits per heavy atom. The average Bonchev–Trinajstić information content (AvgIpc) is 3.14. The summed E-state index contributed by atoms with van der Waals surface area (Å²) in [7, 11) is -3.38. The quantitative estimate of drug-likeness (QED) is 0.817. The van der Waals surface area contributed by atoms with Gasteiger partial charge in [-0.05, 0) is 55.3 Å². The Labute approximate surface area is 130 Å². The number of rotatable bonds is 6. The van der Waals surface area contributed by atoms with E-state index in [1.807, 2.05) is 30.5 Å². The minimum atomic E-state index is -3.38. The second kappa shape index (κ2) is 5.91. The Morgan fingerprint density at radius 2 is 2.05 bits per heavy atom. The summed E-state index contributed by atoms with van der Waals surface area (Å²) in [6.45, 7) is 2.49. The summed E-state index contributed by atoms with van der Waals surface area (Å²) >= 11 is 1.68. The van der Waals surface area contributed by atoms with Gasteiger partial charge in [-0.1, -0.05) is 18.2 Å². The van der Waals surface area contributed by atoms with Gasteiger partial charge in [0.15, 0.2) is 0 Å². The van der Waals surface area contributed by atoms with E-state index in [1.165, 1.54) is 4.88 Å². The molecular formula is C16H19NO2S2. The molecule has 1 fully saturated rings. The highest BCUT2D eigenvalue weighted by atomic mass is 32.2. The van der Waals surface area contributed by atoms with Crippen molar-refractivity contribution in [2.45, 2.75) is 37.1 Å². The lowest BCUT2D eigenvalue weighted by atomic mass is 10.2. The van der Waals surface area contributed by atoms with Gasteiger partial charge in [-0.2, -0.15) is 4.31 Å². The van der Waals surface area contributed by atoms with Crippen molar-refractivity contribution in [2.75, 3.05) is 6.54 Å². The molecule has 1 aromatic carbocycles. The molecule has 5 heteroatoms. The summed E-state index contributed by atoms with van der Waals surface area (Å²) < 4.78 is 27.4. The molecule has 0 aliphatic heterocycles. The zero-order valence-corrected chi connectivity index (χ0v) is 13.7. The molecule has 21 heavy (non-hydrogen) atoms. The molecule has 1 heterocycles. The van der Waals surface area contributed by atoms with Crippen molar-refractivity contribution in [3.63, 3.8) is 0 Å². The minimum absolute atomic E-state index is 0.190. The van der Waals surface area contributed by atoms with Gasteiger partial charge in [-0.3, -0.25) is 0 Å². The standard InChI is InChI=1S/C16H19NO2S2/c1-13-4-2-6-16(12-13)21(18,19)17(14-7-8-14)10-9-15-5-3-11-20-15/h2-6,11-12,14H,7-10H2,1H3. The van der Waals surface area contributed by atoms with Crippen LogP contribution in [0.4, 0.5) is 0 Å². The smallest absolute Gasteiger partial charge is 0.207 e. The lowest BCUT2D eigenvalue weighted by Gasteiger charge is -2.22. The van der Waals surface area contributed by atoms with Crippen LogP contribution in [0.1, 0.15) is 23.3 Å². The molecule has 1 saturated carbocycles. The fourth-order valence-corrected chi connectivity index (χ4v) is 4.94. The van der Waals surface area contributed by atoms with Crippen molar-refractivity contribution in [2.24, 2.45) is 0 Å². The van der Waals surface area contributed by atoms with E-state index in [4.69, 9.17) is 0 Å². The number of hydrogen-bond acceptors (Lipinski definition) is 3. The Hall–Kier alpha value is -1.17. The van der Waals surface area contributed by atoms with Gasteiger partial charge in [-0.15, -0.1) is 11.3 Å². The number of benzene rings is 1. The number of aryl methyl sites for hydroxylation is 1. The fourth-order valence-electron chi connectivity index (χ4n) is 2.45. The summed E-state index contributed by atoms with van der Waals surface area (Å²) in [5.41, 5.74) is 0.977. The maximum Gasteiger partial charge on any atom is 0.243 e. The summed E-state index contributed by atoms with van der Waals surface area (Å²) in [4.78, 5) is 1.65. The average molecular weight is 321 g/mol. The van der Waals surface area contributed by atoms with E-state index in [2.05, 4.69) is 6.07 Å². The van der Waals surface area contributed by atoms with Gasteiger partial charge in [0.05, 0.1) is 4.90 Å². The molecule has 0 saturated heterocycles. The molecule has 0 spiro atoms. The molecule has 0 radical (unpaired) electrons. The maximum atomic E-state index is 12.9. The number of thiophene rings is 1. The lowest BCUT2D eigenvalue weighted by molar-refractivity contribution is 0.408. The monoisotopic (exact) mass is 321 g/mol. The normalized spacial score (nSPS) is 15.5. The van der Waals surface area contributed by atoms with E-state index in [9.17, 15) is 8.42 Å². The van der Waals surface area contributed by atoms with Crippen molar-refractivity contribution in [1.29, 1.82) is 0 Å². The van der Waals surface area contributed by atoms with Crippen LogP contribution in [0.5, 0.6) is 0 Å². The first-order valence-corrected chi connectivity index (χ1v) is 9.50. The SMILES string of the molecule is Cc1cccc(S(=O)(=O)N(CCc2cccs2)C2CC2)c1. The molecule has 0 atom stereocenters. The molecule has 1 aromatic heterocycles. The minimum Gasteiger partial charge on any atom is -0.207 e. The van der Waals surface area contributed by atoms with Crippen molar-refractivity contribution in [3.05, 3.63) is 52.2 Å².